The molecule has 15 heavy (non-hydrogen) atoms. The predicted octanol–water partition coefficient (Wildman–Crippen LogP) is 3.17. The fourth-order valence-corrected chi connectivity index (χ4v) is 2.68. The molecule has 0 aromatic heterocycles. The first kappa shape index (κ1) is 10.7. The highest BCUT2D eigenvalue weighted by Crippen LogP contribution is 2.37. The highest BCUT2D eigenvalue weighted by molar-refractivity contribution is 5.33. The Kier molecular flexibility index (Phi) is 3.11. The Bertz CT molecular complexity index is 332. The number of rotatable bonds is 2. The maximum atomic E-state index is 3.62. The van der Waals surface area contributed by atoms with Gasteiger partial charge < -0.3 is 5.32 Å². The molecule has 0 fully saturated rings. The summed E-state index contributed by atoms with van der Waals surface area (Å²) in [5, 5.41) is 3.62. The highest BCUT2D eigenvalue weighted by atomic mass is 14.9. The van der Waals surface area contributed by atoms with Crippen LogP contribution in [0.15, 0.2) is 24.3 Å². The van der Waals surface area contributed by atoms with Crippen LogP contribution in [0, 0.1) is 11.8 Å². The van der Waals surface area contributed by atoms with E-state index in [1.807, 2.05) is 0 Å². The second-order valence-electron chi connectivity index (χ2n) is 4.77. The molecule has 2 rings (SSSR count). The van der Waals surface area contributed by atoms with Crippen molar-refractivity contribution in [1.82, 2.24) is 5.32 Å². The van der Waals surface area contributed by atoms with E-state index < -0.39 is 0 Å². The lowest BCUT2D eigenvalue weighted by Crippen LogP contribution is -2.35. The van der Waals surface area contributed by atoms with Gasteiger partial charge in [-0.2, -0.15) is 0 Å². The lowest BCUT2D eigenvalue weighted by Gasteiger charge is -2.36. The zero-order chi connectivity index (χ0) is 10.8. The Morgan fingerprint density at radius 1 is 1.27 bits per heavy atom. The van der Waals surface area contributed by atoms with Crippen LogP contribution in [-0.4, -0.2) is 6.54 Å². The monoisotopic (exact) mass is 203 g/mol. The summed E-state index contributed by atoms with van der Waals surface area (Å²) in [6, 6.07) is 9.43. The molecule has 3 atom stereocenters. The van der Waals surface area contributed by atoms with E-state index in [0.717, 1.165) is 18.4 Å². The molecule has 0 saturated heterocycles. The minimum Gasteiger partial charge on any atom is -0.310 e. The molecule has 0 spiro atoms. The molecule has 0 aliphatic heterocycles. The quantitative estimate of drug-likeness (QED) is 0.778. The van der Waals surface area contributed by atoms with Gasteiger partial charge in [-0.25, -0.2) is 0 Å². The van der Waals surface area contributed by atoms with Crippen LogP contribution in [0.2, 0.25) is 0 Å². The van der Waals surface area contributed by atoms with Gasteiger partial charge >= 0.3 is 0 Å². The minimum atomic E-state index is 0.551. The van der Waals surface area contributed by atoms with Crippen molar-refractivity contribution in [2.75, 3.05) is 6.54 Å². The number of benzene rings is 1. The van der Waals surface area contributed by atoms with Crippen LogP contribution in [0.5, 0.6) is 0 Å². The van der Waals surface area contributed by atoms with Gasteiger partial charge in [0, 0.05) is 6.04 Å². The lowest BCUT2D eigenvalue weighted by molar-refractivity contribution is 0.267. The second-order valence-corrected chi connectivity index (χ2v) is 4.77. The van der Waals surface area contributed by atoms with Crippen LogP contribution in [0.25, 0.3) is 0 Å². The van der Waals surface area contributed by atoms with E-state index in [1.165, 1.54) is 17.5 Å². The molecule has 0 saturated carbocycles. The smallest absolute Gasteiger partial charge is 0.0351 e. The van der Waals surface area contributed by atoms with Crippen LogP contribution in [0.1, 0.15) is 37.9 Å². The number of hydrogen-bond donors (Lipinski definition) is 1. The molecule has 0 amide bonds. The second kappa shape index (κ2) is 4.36. The third kappa shape index (κ3) is 1.93. The molecule has 1 heteroatoms. The van der Waals surface area contributed by atoms with Gasteiger partial charge in [0.2, 0.25) is 0 Å². The van der Waals surface area contributed by atoms with Crippen LogP contribution >= 0.6 is 0 Å². The van der Waals surface area contributed by atoms with Gasteiger partial charge in [0.1, 0.15) is 0 Å². The maximum absolute atomic E-state index is 3.62. The first-order valence-corrected chi connectivity index (χ1v) is 6.05. The van der Waals surface area contributed by atoms with Gasteiger partial charge in [-0.05, 0) is 35.9 Å². The van der Waals surface area contributed by atoms with E-state index in [-0.39, 0.29) is 0 Å². The standard InChI is InChI=1S/C14H21N/c1-4-15-14-11(3)10(2)9-12-7-5-6-8-13(12)14/h5-8,10-11,14-15H,4,9H2,1-3H3. The molecule has 1 nitrogen and oxygen atoms in total. The van der Waals surface area contributed by atoms with Crippen molar-refractivity contribution in [2.45, 2.75) is 33.2 Å². The van der Waals surface area contributed by atoms with Crippen molar-refractivity contribution in [2.24, 2.45) is 11.8 Å². The van der Waals surface area contributed by atoms with E-state index in [0.29, 0.717) is 6.04 Å². The van der Waals surface area contributed by atoms with Crippen molar-refractivity contribution in [1.29, 1.82) is 0 Å². The predicted molar refractivity (Wildman–Crippen MR) is 64.9 cm³/mol. The van der Waals surface area contributed by atoms with E-state index in [2.05, 4.69) is 50.4 Å². The normalized spacial score (nSPS) is 29.9. The molecule has 1 aromatic rings. The van der Waals surface area contributed by atoms with Crippen LogP contribution < -0.4 is 5.32 Å². The van der Waals surface area contributed by atoms with Gasteiger partial charge in [0.15, 0.2) is 0 Å². The average molecular weight is 203 g/mol. The van der Waals surface area contributed by atoms with Gasteiger partial charge in [0.25, 0.3) is 0 Å². The van der Waals surface area contributed by atoms with Gasteiger partial charge in [0.05, 0.1) is 0 Å². The molecule has 1 aliphatic carbocycles. The fourth-order valence-electron chi connectivity index (χ4n) is 2.68. The lowest BCUT2D eigenvalue weighted by atomic mass is 9.74. The molecule has 82 valence electrons. The molecular formula is C14H21N. The summed E-state index contributed by atoms with van der Waals surface area (Å²) in [5.74, 6) is 1.52. The van der Waals surface area contributed by atoms with Crippen molar-refractivity contribution >= 4 is 0 Å². The largest absolute Gasteiger partial charge is 0.310 e. The topological polar surface area (TPSA) is 12.0 Å². The van der Waals surface area contributed by atoms with Gasteiger partial charge in [-0.3, -0.25) is 0 Å². The molecule has 1 N–H and O–H groups in total. The number of fused-ring (bicyclic) bond motifs is 1. The zero-order valence-corrected chi connectivity index (χ0v) is 9.96. The van der Waals surface area contributed by atoms with Crippen LogP contribution in [0.3, 0.4) is 0 Å². The zero-order valence-electron chi connectivity index (χ0n) is 9.96. The number of hydrogen-bond acceptors (Lipinski definition) is 1. The van der Waals surface area contributed by atoms with Gasteiger partial charge in [-0.1, -0.05) is 45.0 Å². The average Bonchev–Trinajstić information content (AvgIpc) is 2.25. The summed E-state index contributed by atoms with van der Waals surface area (Å²) in [7, 11) is 0. The van der Waals surface area contributed by atoms with Gasteiger partial charge in [-0.15, -0.1) is 0 Å². The first-order valence-electron chi connectivity index (χ1n) is 6.05. The third-order valence-corrected chi connectivity index (χ3v) is 3.78. The third-order valence-electron chi connectivity index (χ3n) is 3.78. The fraction of sp³-hybridized carbons (Fsp3) is 0.571. The Balaban J connectivity index is 2.36. The van der Waals surface area contributed by atoms with E-state index in [4.69, 9.17) is 0 Å². The SMILES string of the molecule is CCNC1c2ccccc2CC(C)C1C. The van der Waals surface area contributed by atoms with Crippen LogP contribution in [0.4, 0.5) is 0 Å². The maximum Gasteiger partial charge on any atom is 0.0351 e. The molecule has 3 unspecified atom stereocenters. The number of nitrogens with one attached hydrogen (secondary N) is 1. The summed E-state index contributed by atoms with van der Waals surface area (Å²) in [6.45, 7) is 7.98. The Morgan fingerprint density at radius 3 is 2.73 bits per heavy atom. The molecule has 0 radical (unpaired) electrons. The summed E-state index contributed by atoms with van der Waals surface area (Å²) in [6.07, 6.45) is 1.24. The highest BCUT2D eigenvalue weighted by Gasteiger charge is 2.30. The van der Waals surface area contributed by atoms with E-state index in [9.17, 15) is 0 Å². The van der Waals surface area contributed by atoms with Crippen molar-refractivity contribution < 1.29 is 0 Å². The molecule has 1 aromatic carbocycles. The Hall–Kier alpha value is -0.820. The van der Waals surface area contributed by atoms with E-state index in [1.54, 1.807) is 0 Å². The summed E-state index contributed by atoms with van der Waals surface area (Å²) in [4.78, 5) is 0. The molecule has 0 bridgehead atoms. The molecule has 1 aliphatic rings. The molecular weight excluding hydrogens is 182 g/mol. The van der Waals surface area contributed by atoms with Crippen molar-refractivity contribution in [3.8, 4) is 0 Å². The van der Waals surface area contributed by atoms with Crippen molar-refractivity contribution in [3.63, 3.8) is 0 Å². The van der Waals surface area contributed by atoms with Crippen LogP contribution in [-0.2, 0) is 6.42 Å². The summed E-state index contributed by atoms with van der Waals surface area (Å²) < 4.78 is 0. The summed E-state index contributed by atoms with van der Waals surface area (Å²) in [5.41, 5.74) is 3.05. The summed E-state index contributed by atoms with van der Waals surface area (Å²) >= 11 is 0. The van der Waals surface area contributed by atoms with Crippen molar-refractivity contribution in [3.05, 3.63) is 35.4 Å². The van der Waals surface area contributed by atoms with E-state index >= 15 is 0 Å². The molecule has 0 heterocycles. The minimum absolute atomic E-state index is 0.551. The Labute approximate surface area is 92.9 Å². The Morgan fingerprint density at radius 2 is 2.00 bits per heavy atom. The first-order chi connectivity index (χ1) is 7.24.